The number of methoxy groups -OCH3 is 1. The Morgan fingerprint density at radius 2 is 2.14 bits per heavy atom. The first kappa shape index (κ1) is 9.21. The summed E-state index contributed by atoms with van der Waals surface area (Å²) in [4.78, 5) is 8.22. The fraction of sp³-hybridized carbons (Fsp3) is 0.556. The number of rotatable bonds is 3. The van der Waals surface area contributed by atoms with Gasteiger partial charge >= 0.3 is 0 Å². The molecule has 4 N–H and O–H groups in total. The fourth-order valence-corrected chi connectivity index (χ4v) is 1.55. The minimum Gasteiger partial charge on any atom is -0.481 e. The van der Waals surface area contributed by atoms with Crippen LogP contribution >= 0.6 is 0 Å². The molecule has 76 valence electrons. The van der Waals surface area contributed by atoms with Crippen LogP contribution in [0.15, 0.2) is 0 Å². The predicted octanol–water partition coefficient (Wildman–Crippen LogP) is 0.403. The molecule has 0 spiro atoms. The molecule has 0 aromatic carbocycles. The summed E-state index contributed by atoms with van der Waals surface area (Å²) in [5.74, 6) is 1.29. The number of aromatic nitrogens is 2. The Kier molecular flexibility index (Phi) is 2.25. The highest BCUT2D eigenvalue weighted by molar-refractivity contribution is 5.39. The van der Waals surface area contributed by atoms with Crippen molar-refractivity contribution in [3.8, 4) is 5.88 Å². The Balaban J connectivity index is 2.49. The van der Waals surface area contributed by atoms with Crippen LogP contribution in [0.25, 0.3) is 0 Å². The summed E-state index contributed by atoms with van der Waals surface area (Å²) in [7, 11) is 1.57. The second kappa shape index (κ2) is 3.42. The molecule has 0 saturated heterocycles. The molecule has 0 bridgehead atoms. The second-order valence-electron chi connectivity index (χ2n) is 3.43. The maximum absolute atomic E-state index is 5.64. The van der Waals surface area contributed by atoms with Gasteiger partial charge in [-0.1, -0.05) is 0 Å². The van der Waals surface area contributed by atoms with Gasteiger partial charge in [-0.05, 0) is 12.8 Å². The van der Waals surface area contributed by atoms with Crippen LogP contribution in [-0.2, 0) is 6.54 Å². The SMILES string of the molecule is COc1nc(N)nc(C2CC2)c1CN. The van der Waals surface area contributed by atoms with Gasteiger partial charge in [0.15, 0.2) is 0 Å². The van der Waals surface area contributed by atoms with Gasteiger partial charge in [0.1, 0.15) is 0 Å². The summed E-state index contributed by atoms with van der Waals surface area (Å²) in [5.41, 5.74) is 13.1. The number of hydrogen-bond donors (Lipinski definition) is 2. The summed E-state index contributed by atoms with van der Waals surface area (Å²) in [6.45, 7) is 0.398. The third-order valence-corrected chi connectivity index (χ3v) is 2.38. The highest BCUT2D eigenvalue weighted by Crippen LogP contribution is 2.42. The van der Waals surface area contributed by atoms with Gasteiger partial charge < -0.3 is 16.2 Å². The molecule has 5 nitrogen and oxygen atoms in total. The smallest absolute Gasteiger partial charge is 0.223 e. The van der Waals surface area contributed by atoms with E-state index in [4.69, 9.17) is 16.2 Å². The van der Waals surface area contributed by atoms with Crippen LogP contribution in [0.3, 0.4) is 0 Å². The van der Waals surface area contributed by atoms with Crippen LogP contribution in [-0.4, -0.2) is 17.1 Å². The number of nitrogens with zero attached hydrogens (tertiary/aromatic N) is 2. The van der Waals surface area contributed by atoms with E-state index in [0.29, 0.717) is 18.3 Å². The first-order chi connectivity index (χ1) is 6.76. The summed E-state index contributed by atoms with van der Waals surface area (Å²) in [6.07, 6.45) is 2.32. The van der Waals surface area contributed by atoms with Crippen molar-refractivity contribution in [2.45, 2.75) is 25.3 Å². The third-order valence-electron chi connectivity index (χ3n) is 2.38. The third kappa shape index (κ3) is 1.50. The van der Waals surface area contributed by atoms with E-state index in [-0.39, 0.29) is 5.95 Å². The van der Waals surface area contributed by atoms with Gasteiger partial charge in [0, 0.05) is 18.0 Å². The molecule has 1 fully saturated rings. The van der Waals surface area contributed by atoms with Crippen LogP contribution in [0.1, 0.15) is 30.0 Å². The summed E-state index contributed by atoms with van der Waals surface area (Å²) in [5, 5.41) is 0. The van der Waals surface area contributed by atoms with Crippen LogP contribution in [0.4, 0.5) is 5.95 Å². The molecule has 0 atom stereocenters. The average Bonchev–Trinajstić information content (AvgIpc) is 2.99. The van der Waals surface area contributed by atoms with Crippen LogP contribution in [0.5, 0.6) is 5.88 Å². The molecule has 1 aromatic heterocycles. The molecule has 0 radical (unpaired) electrons. The van der Waals surface area contributed by atoms with Crippen molar-refractivity contribution in [1.82, 2.24) is 9.97 Å². The summed E-state index contributed by atoms with van der Waals surface area (Å²) in [6, 6.07) is 0. The molecule has 0 amide bonds. The Bertz CT molecular complexity index is 349. The van der Waals surface area contributed by atoms with E-state index in [0.717, 1.165) is 24.1 Å². The van der Waals surface area contributed by atoms with Gasteiger partial charge in [-0.3, -0.25) is 0 Å². The zero-order chi connectivity index (χ0) is 10.1. The van der Waals surface area contributed by atoms with Gasteiger partial charge in [0.05, 0.1) is 12.8 Å². The van der Waals surface area contributed by atoms with Crippen molar-refractivity contribution in [2.75, 3.05) is 12.8 Å². The highest BCUT2D eigenvalue weighted by atomic mass is 16.5. The van der Waals surface area contributed by atoms with Crippen molar-refractivity contribution in [3.63, 3.8) is 0 Å². The van der Waals surface area contributed by atoms with Gasteiger partial charge in [-0.15, -0.1) is 0 Å². The molecule has 2 rings (SSSR count). The van der Waals surface area contributed by atoms with Crippen molar-refractivity contribution < 1.29 is 4.74 Å². The normalized spacial score (nSPS) is 15.6. The fourth-order valence-electron chi connectivity index (χ4n) is 1.55. The van der Waals surface area contributed by atoms with Crippen molar-refractivity contribution in [1.29, 1.82) is 0 Å². The van der Waals surface area contributed by atoms with Gasteiger partial charge in [0.2, 0.25) is 11.8 Å². The van der Waals surface area contributed by atoms with Gasteiger partial charge in [-0.25, -0.2) is 4.98 Å². The Hall–Kier alpha value is -1.36. The quantitative estimate of drug-likeness (QED) is 0.727. The van der Waals surface area contributed by atoms with E-state index in [1.54, 1.807) is 7.11 Å². The maximum Gasteiger partial charge on any atom is 0.223 e. The maximum atomic E-state index is 5.64. The molecule has 1 saturated carbocycles. The highest BCUT2D eigenvalue weighted by Gasteiger charge is 2.29. The monoisotopic (exact) mass is 194 g/mol. The van der Waals surface area contributed by atoms with Crippen molar-refractivity contribution in [3.05, 3.63) is 11.3 Å². The molecule has 1 aliphatic carbocycles. The number of anilines is 1. The lowest BCUT2D eigenvalue weighted by Gasteiger charge is -2.10. The first-order valence-corrected chi connectivity index (χ1v) is 4.66. The van der Waals surface area contributed by atoms with Crippen LogP contribution in [0, 0.1) is 0 Å². The van der Waals surface area contributed by atoms with E-state index in [9.17, 15) is 0 Å². The molecule has 1 heterocycles. The van der Waals surface area contributed by atoms with Crippen LogP contribution < -0.4 is 16.2 Å². The molecule has 1 aliphatic rings. The minimum atomic E-state index is 0.265. The van der Waals surface area contributed by atoms with Crippen molar-refractivity contribution >= 4 is 5.95 Å². The first-order valence-electron chi connectivity index (χ1n) is 4.66. The summed E-state index contributed by atoms with van der Waals surface area (Å²) < 4.78 is 5.12. The lowest BCUT2D eigenvalue weighted by atomic mass is 10.1. The Labute approximate surface area is 82.5 Å². The molecule has 1 aromatic rings. The van der Waals surface area contributed by atoms with E-state index < -0.39 is 0 Å². The number of hydrogen-bond acceptors (Lipinski definition) is 5. The van der Waals surface area contributed by atoms with Crippen LogP contribution in [0.2, 0.25) is 0 Å². The standard InChI is InChI=1S/C9H14N4O/c1-14-8-6(4-10)7(5-2-3-5)12-9(11)13-8/h5H,2-4,10H2,1H3,(H2,11,12,13). The lowest BCUT2D eigenvalue weighted by molar-refractivity contribution is 0.391. The molecule has 0 aliphatic heterocycles. The largest absolute Gasteiger partial charge is 0.481 e. The molecular weight excluding hydrogens is 180 g/mol. The number of nitrogen functional groups attached to an aromatic ring is 1. The van der Waals surface area contributed by atoms with Crippen molar-refractivity contribution in [2.24, 2.45) is 5.73 Å². The Morgan fingerprint density at radius 1 is 1.43 bits per heavy atom. The van der Waals surface area contributed by atoms with E-state index in [1.165, 1.54) is 0 Å². The lowest BCUT2D eigenvalue weighted by Crippen LogP contribution is -2.10. The van der Waals surface area contributed by atoms with Gasteiger partial charge in [0.25, 0.3) is 0 Å². The topological polar surface area (TPSA) is 87.0 Å². The zero-order valence-electron chi connectivity index (χ0n) is 8.16. The summed E-state index contributed by atoms with van der Waals surface area (Å²) >= 11 is 0. The second-order valence-corrected chi connectivity index (χ2v) is 3.43. The number of ether oxygens (including phenoxy) is 1. The zero-order valence-corrected chi connectivity index (χ0v) is 8.16. The molecular formula is C9H14N4O. The molecule has 0 unspecified atom stereocenters. The predicted molar refractivity (Wildman–Crippen MR) is 52.9 cm³/mol. The van der Waals surface area contributed by atoms with E-state index >= 15 is 0 Å². The van der Waals surface area contributed by atoms with E-state index in [1.807, 2.05) is 0 Å². The molecule has 14 heavy (non-hydrogen) atoms. The van der Waals surface area contributed by atoms with E-state index in [2.05, 4.69) is 9.97 Å². The minimum absolute atomic E-state index is 0.265. The number of nitrogens with two attached hydrogens (primary N) is 2. The Morgan fingerprint density at radius 3 is 2.64 bits per heavy atom. The molecule has 5 heteroatoms. The van der Waals surface area contributed by atoms with Gasteiger partial charge in [-0.2, -0.15) is 4.98 Å². The average molecular weight is 194 g/mol.